The van der Waals surface area contributed by atoms with Crippen LogP contribution in [0.1, 0.15) is 24.1 Å². The fourth-order valence-electron chi connectivity index (χ4n) is 2.62. The molecule has 106 valence electrons. The second-order valence-corrected chi connectivity index (χ2v) is 4.76. The molecule has 3 nitrogen and oxygen atoms in total. The highest BCUT2D eigenvalue weighted by molar-refractivity contribution is 5.41. The van der Waals surface area contributed by atoms with Gasteiger partial charge in [0.25, 0.3) is 0 Å². The van der Waals surface area contributed by atoms with Crippen molar-refractivity contribution in [2.45, 2.75) is 26.3 Å². The summed E-state index contributed by atoms with van der Waals surface area (Å²) in [5.74, 6) is -2.15. The Morgan fingerprint density at radius 2 is 1.95 bits per heavy atom. The third-order valence-corrected chi connectivity index (χ3v) is 3.48. The van der Waals surface area contributed by atoms with E-state index in [-0.39, 0.29) is 5.69 Å². The van der Waals surface area contributed by atoms with Gasteiger partial charge in [-0.05, 0) is 0 Å². The summed E-state index contributed by atoms with van der Waals surface area (Å²) in [5, 5.41) is 3.17. The quantitative estimate of drug-likeness (QED) is 0.916. The predicted molar refractivity (Wildman–Crippen MR) is 68.2 cm³/mol. The Bertz CT molecular complexity index is 641. The molecule has 0 aliphatic carbocycles. The summed E-state index contributed by atoms with van der Waals surface area (Å²) >= 11 is 0. The van der Waals surface area contributed by atoms with Crippen LogP contribution in [-0.2, 0) is 19.4 Å². The van der Waals surface area contributed by atoms with E-state index in [0.29, 0.717) is 37.3 Å². The van der Waals surface area contributed by atoms with Crippen molar-refractivity contribution in [3.63, 3.8) is 0 Å². The van der Waals surface area contributed by atoms with E-state index in [1.165, 1.54) is 4.57 Å². The normalized spacial score (nSPS) is 14.4. The van der Waals surface area contributed by atoms with E-state index in [0.717, 1.165) is 17.9 Å². The molecule has 3 rings (SSSR count). The summed E-state index contributed by atoms with van der Waals surface area (Å²) in [6, 6.07) is 1.40. The zero-order valence-corrected chi connectivity index (χ0v) is 11.0. The molecule has 0 radical (unpaired) electrons. The molecule has 0 spiro atoms. The average molecular weight is 281 g/mol. The number of imidazole rings is 1. The number of benzene rings is 1. The monoisotopic (exact) mass is 281 g/mol. The van der Waals surface area contributed by atoms with Crippen molar-refractivity contribution in [2.75, 3.05) is 6.54 Å². The van der Waals surface area contributed by atoms with Crippen LogP contribution in [0.5, 0.6) is 0 Å². The Balaban J connectivity index is 2.26. The minimum Gasteiger partial charge on any atom is -0.311 e. The highest BCUT2D eigenvalue weighted by atomic mass is 19.1. The van der Waals surface area contributed by atoms with Crippen LogP contribution in [0.4, 0.5) is 13.2 Å². The third kappa shape index (κ3) is 2.00. The lowest BCUT2D eigenvalue weighted by Crippen LogP contribution is -2.25. The zero-order chi connectivity index (χ0) is 14.3. The van der Waals surface area contributed by atoms with Crippen molar-refractivity contribution in [3.8, 4) is 5.69 Å². The molecular weight excluding hydrogens is 267 g/mol. The third-order valence-electron chi connectivity index (χ3n) is 3.48. The topological polar surface area (TPSA) is 29.9 Å². The van der Waals surface area contributed by atoms with E-state index in [1.54, 1.807) is 0 Å². The van der Waals surface area contributed by atoms with E-state index in [9.17, 15) is 13.2 Å². The van der Waals surface area contributed by atoms with E-state index >= 15 is 0 Å². The molecule has 20 heavy (non-hydrogen) atoms. The molecule has 0 saturated carbocycles. The zero-order valence-electron chi connectivity index (χ0n) is 11.0. The summed E-state index contributed by atoms with van der Waals surface area (Å²) in [6.45, 7) is 3.18. The summed E-state index contributed by atoms with van der Waals surface area (Å²) < 4.78 is 42.6. The smallest absolute Gasteiger partial charge is 0.153 e. The lowest BCUT2D eigenvalue weighted by molar-refractivity contribution is 0.527. The van der Waals surface area contributed by atoms with Gasteiger partial charge in [0.15, 0.2) is 11.6 Å². The summed E-state index contributed by atoms with van der Waals surface area (Å²) in [7, 11) is 0. The molecule has 0 amide bonds. The van der Waals surface area contributed by atoms with Gasteiger partial charge in [0, 0.05) is 43.8 Å². The molecule has 0 unspecified atom stereocenters. The van der Waals surface area contributed by atoms with Crippen LogP contribution in [0.2, 0.25) is 0 Å². The van der Waals surface area contributed by atoms with E-state index in [2.05, 4.69) is 10.3 Å². The summed E-state index contributed by atoms with van der Waals surface area (Å²) in [4.78, 5) is 4.42. The molecule has 0 saturated heterocycles. The lowest BCUT2D eigenvalue weighted by Gasteiger charge is -2.17. The number of hydrogen-bond acceptors (Lipinski definition) is 2. The van der Waals surface area contributed by atoms with Gasteiger partial charge in [-0.2, -0.15) is 0 Å². The maximum atomic E-state index is 14.0. The Morgan fingerprint density at radius 1 is 1.25 bits per heavy atom. The van der Waals surface area contributed by atoms with Crippen LogP contribution in [0.3, 0.4) is 0 Å². The van der Waals surface area contributed by atoms with Crippen molar-refractivity contribution in [1.82, 2.24) is 14.9 Å². The van der Waals surface area contributed by atoms with Gasteiger partial charge in [-0.25, -0.2) is 18.2 Å². The Labute approximate surface area is 114 Å². The molecule has 2 heterocycles. The second-order valence-electron chi connectivity index (χ2n) is 4.76. The maximum absolute atomic E-state index is 14.0. The molecule has 1 N–H and O–H groups in total. The van der Waals surface area contributed by atoms with Crippen molar-refractivity contribution >= 4 is 0 Å². The first kappa shape index (κ1) is 13.2. The largest absolute Gasteiger partial charge is 0.311 e. The number of aromatic nitrogens is 2. The molecule has 2 aromatic rings. The Kier molecular flexibility index (Phi) is 3.25. The number of fused-ring (bicyclic) bond motifs is 1. The first-order valence-electron chi connectivity index (χ1n) is 6.56. The number of nitrogens with one attached hydrogen (secondary N) is 1. The van der Waals surface area contributed by atoms with Crippen LogP contribution in [0.25, 0.3) is 5.69 Å². The Hall–Kier alpha value is -1.82. The van der Waals surface area contributed by atoms with Gasteiger partial charge in [0.2, 0.25) is 0 Å². The van der Waals surface area contributed by atoms with Crippen LogP contribution < -0.4 is 5.32 Å². The molecule has 1 aliphatic heterocycles. The molecule has 1 aromatic carbocycles. The van der Waals surface area contributed by atoms with Crippen molar-refractivity contribution in [1.29, 1.82) is 0 Å². The van der Waals surface area contributed by atoms with Crippen LogP contribution >= 0.6 is 0 Å². The van der Waals surface area contributed by atoms with Crippen molar-refractivity contribution < 1.29 is 13.2 Å². The van der Waals surface area contributed by atoms with Gasteiger partial charge >= 0.3 is 0 Å². The van der Waals surface area contributed by atoms with Crippen LogP contribution in [0, 0.1) is 17.5 Å². The van der Waals surface area contributed by atoms with Gasteiger partial charge in [-0.1, -0.05) is 6.92 Å². The Morgan fingerprint density at radius 3 is 2.60 bits per heavy atom. The molecule has 0 bridgehead atoms. The standard InChI is InChI=1S/C14H14F3N3/c1-2-13-19-11-7-18-4-3-12(11)20(13)14-9(16)5-8(15)6-10(14)17/h5-6,18H,2-4,7H2,1H3. The molecule has 6 heteroatoms. The van der Waals surface area contributed by atoms with Crippen molar-refractivity contribution in [3.05, 3.63) is 46.8 Å². The lowest BCUT2D eigenvalue weighted by atomic mass is 10.1. The van der Waals surface area contributed by atoms with Gasteiger partial charge in [-0.3, -0.25) is 4.57 Å². The minimum atomic E-state index is -0.919. The molecule has 0 fully saturated rings. The van der Waals surface area contributed by atoms with Crippen LogP contribution in [-0.4, -0.2) is 16.1 Å². The van der Waals surface area contributed by atoms with Crippen LogP contribution in [0.15, 0.2) is 12.1 Å². The minimum absolute atomic E-state index is 0.237. The van der Waals surface area contributed by atoms with E-state index in [4.69, 9.17) is 0 Å². The molecular formula is C14H14F3N3. The summed E-state index contributed by atoms with van der Waals surface area (Å²) in [5.41, 5.74) is 1.36. The van der Waals surface area contributed by atoms with Gasteiger partial charge < -0.3 is 5.32 Å². The van der Waals surface area contributed by atoms with E-state index in [1.807, 2.05) is 6.92 Å². The maximum Gasteiger partial charge on any atom is 0.153 e. The fraction of sp³-hybridized carbons (Fsp3) is 0.357. The molecule has 1 aliphatic rings. The first-order chi connectivity index (χ1) is 9.61. The number of hydrogen-bond donors (Lipinski definition) is 1. The fourth-order valence-corrected chi connectivity index (χ4v) is 2.62. The first-order valence-corrected chi connectivity index (χ1v) is 6.56. The number of rotatable bonds is 2. The predicted octanol–water partition coefficient (Wildman–Crippen LogP) is 2.50. The highest BCUT2D eigenvalue weighted by Gasteiger charge is 2.24. The van der Waals surface area contributed by atoms with E-state index < -0.39 is 17.5 Å². The van der Waals surface area contributed by atoms with Gasteiger partial charge in [0.05, 0.1) is 5.69 Å². The number of halogens is 3. The number of aryl methyl sites for hydroxylation is 1. The molecule has 0 atom stereocenters. The molecule has 1 aromatic heterocycles. The average Bonchev–Trinajstić information content (AvgIpc) is 2.76. The number of nitrogens with zero attached hydrogens (tertiary/aromatic N) is 2. The van der Waals surface area contributed by atoms with Crippen molar-refractivity contribution in [2.24, 2.45) is 0 Å². The second kappa shape index (κ2) is 4.94. The van der Waals surface area contributed by atoms with Gasteiger partial charge in [-0.15, -0.1) is 0 Å². The highest BCUT2D eigenvalue weighted by Crippen LogP contribution is 2.26. The van der Waals surface area contributed by atoms with Gasteiger partial charge in [0.1, 0.15) is 17.3 Å². The SMILES string of the molecule is CCc1nc2c(n1-c1c(F)cc(F)cc1F)CCNC2. The summed E-state index contributed by atoms with van der Waals surface area (Å²) in [6.07, 6.45) is 1.18.